The van der Waals surface area contributed by atoms with Gasteiger partial charge in [-0.25, -0.2) is 4.98 Å². The lowest BCUT2D eigenvalue weighted by molar-refractivity contribution is -0.115. The van der Waals surface area contributed by atoms with Crippen molar-refractivity contribution in [3.63, 3.8) is 0 Å². The molecule has 0 aromatic carbocycles. The smallest absolute Gasteiger partial charge is 0.235 e. The number of carbonyl (C=O) groups excluding carboxylic acids is 1. The fourth-order valence-corrected chi connectivity index (χ4v) is 3.15. The van der Waals surface area contributed by atoms with Gasteiger partial charge >= 0.3 is 0 Å². The van der Waals surface area contributed by atoms with E-state index in [9.17, 15) is 4.79 Å². The Kier molecular flexibility index (Phi) is 4.02. The van der Waals surface area contributed by atoms with Gasteiger partial charge in [0.15, 0.2) is 0 Å². The van der Waals surface area contributed by atoms with Crippen LogP contribution in [0.15, 0.2) is 18.6 Å². The third kappa shape index (κ3) is 2.92. The molecular weight excluding hydrogens is 278 g/mol. The van der Waals surface area contributed by atoms with Crippen molar-refractivity contribution < 1.29 is 4.79 Å². The van der Waals surface area contributed by atoms with Gasteiger partial charge < -0.3 is 4.57 Å². The molecule has 0 bridgehead atoms. The molecule has 0 fully saturated rings. The summed E-state index contributed by atoms with van der Waals surface area (Å²) in [6.07, 6.45) is 5.01. The van der Waals surface area contributed by atoms with Gasteiger partial charge in [0.2, 0.25) is 5.91 Å². The number of amides is 1. The zero-order valence-corrected chi connectivity index (χ0v) is 13.5. The van der Waals surface area contributed by atoms with Crippen LogP contribution in [0, 0.1) is 13.8 Å². The van der Waals surface area contributed by atoms with Crippen LogP contribution in [0.1, 0.15) is 36.0 Å². The quantitative estimate of drug-likeness (QED) is 0.940. The molecule has 0 saturated carbocycles. The summed E-state index contributed by atoms with van der Waals surface area (Å²) in [6, 6.07) is 2.16. The van der Waals surface area contributed by atoms with Crippen molar-refractivity contribution in [2.45, 2.75) is 46.8 Å². The van der Waals surface area contributed by atoms with E-state index in [2.05, 4.69) is 32.9 Å². The van der Waals surface area contributed by atoms with E-state index in [0.29, 0.717) is 0 Å². The predicted octanol–water partition coefficient (Wildman–Crippen LogP) is 1.80. The molecule has 2 aromatic heterocycles. The number of fused-ring (bicyclic) bond motifs is 1. The van der Waals surface area contributed by atoms with E-state index in [0.717, 1.165) is 44.0 Å². The van der Waals surface area contributed by atoms with Crippen molar-refractivity contribution in [2.24, 2.45) is 0 Å². The Bertz CT molecular complexity index is 685. The topological polar surface area (TPSA) is 55.1 Å². The normalized spacial score (nSPS) is 15.4. The van der Waals surface area contributed by atoms with E-state index in [-0.39, 0.29) is 5.91 Å². The molecule has 1 aliphatic rings. The average Bonchev–Trinajstić information content (AvgIpc) is 2.92. The second kappa shape index (κ2) is 5.96. The summed E-state index contributed by atoms with van der Waals surface area (Å²) in [7, 11) is 0. The number of hydrogen-bond donors (Lipinski definition) is 1. The highest BCUT2D eigenvalue weighted by molar-refractivity contribution is 5.81. The molecular formula is C16H23N5O. The molecule has 3 heterocycles. The zero-order valence-electron chi connectivity index (χ0n) is 13.5. The molecule has 1 aliphatic heterocycles. The largest absolute Gasteiger partial charge is 0.333 e. The minimum atomic E-state index is -0.0491. The molecule has 0 atom stereocenters. The van der Waals surface area contributed by atoms with Gasteiger partial charge in [-0.1, -0.05) is 0 Å². The van der Waals surface area contributed by atoms with Gasteiger partial charge in [-0.3, -0.25) is 19.8 Å². The third-order valence-electron chi connectivity index (χ3n) is 4.26. The van der Waals surface area contributed by atoms with Crippen LogP contribution < -0.4 is 5.43 Å². The predicted molar refractivity (Wildman–Crippen MR) is 84.9 cm³/mol. The van der Waals surface area contributed by atoms with Crippen LogP contribution in [-0.4, -0.2) is 31.6 Å². The van der Waals surface area contributed by atoms with Crippen molar-refractivity contribution >= 4 is 5.91 Å². The Hall–Kier alpha value is -2.08. The van der Waals surface area contributed by atoms with E-state index in [1.807, 2.05) is 24.1 Å². The number of carbonyl (C=O) groups is 1. The molecule has 118 valence electrons. The molecule has 0 spiro atoms. The summed E-state index contributed by atoms with van der Waals surface area (Å²) in [5.41, 5.74) is 7.56. The highest BCUT2D eigenvalue weighted by atomic mass is 16.2. The molecule has 6 nitrogen and oxygen atoms in total. The van der Waals surface area contributed by atoms with Crippen LogP contribution in [0.25, 0.3) is 0 Å². The number of nitrogens with one attached hydrogen (secondary N) is 1. The zero-order chi connectivity index (χ0) is 15.7. The minimum absolute atomic E-state index is 0.0491. The Labute approximate surface area is 130 Å². The summed E-state index contributed by atoms with van der Waals surface area (Å²) < 4.78 is 4.11. The van der Waals surface area contributed by atoms with Crippen LogP contribution in [-0.2, 0) is 24.4 Å². The summed E-state index contributed by atoms with van der Waals surface area (Å²) >= 11 is 0. The Balaban J connectivity index is 1.77. The first-order valence-corrected chi connectivity index (χ1v) is 7.71. The van der Waals surface area contributed by atoms with Crippen LogP contribution in [0.2, 0.25) is 0 Å². The lowest BCUT2D eigenvalue weighted by Crippen LogP contribution is -2.24. The van der Waals surface area contributed by atoms with Crippen LogP contribution in [0.3, 0.4) is 0 Å². The first-order valence-electron chi connectivity index (χ1n) is 7.71. The second-order valence-corrected chi connectivity index (χ2v) is 6.04. The first-order chi connectivity index (χ1) is 10.5. The van der Waals surface area contributed by atoms with Crippen molar-refractivity contribution in [1.82, 2.24) is 19.1 Å². The minimum Gasteiger partial charge on any atom is -0.333 e. The standard InChI is InChI=1S/C16H23N5O/c1-12-7-15(13(2)21(12)18-14(3)22)9-19-5-4-6-20-11-17-8-16(20)10-19/h7-8,11H,4-6,9-10H2,1-3H3,(H,18,22). The molecule has 0 unspecified atom stereocenters. The van der Waals surface area contributed by atoms with Crippen molar-refractivity contribution in [2.75, 3.05) is 12.0 Å². The number of aromatic nitrogens is 3. The van der Waals surface area contributed by atoms with Gasteiger partial charge in [-0.05, 0) is 31.9 Å². The van der Waals surface area contributed by atoms with Crippen molar-refractivity contribution in [3.8, 4) is 0 Å². The first kappa shape index (κ1) is 14.8. The van der Waals surface area contributed by atoms with E-state index in [1.54, 1.807) is 0 Å². The van der Waals surface area contributed by atoms with Gasteiger partial charge in [-0.2, -0.15) is 0 Å². The van der Waals surface area contributed by atoms with E-state index in [1.165, 1.54) is 18.2 Å². The molecule has 0 radical (unpaired) electrons. The number of imidazole rings is 1. The van der Waals surface area contributed by atoms with Gasteiger partial charge in [0.1, 0.15) is 0 Å². The molecule has 2 aromatic rings. The summed E-state index contributed by atoms with van der Waals surface area (Å²) in [5, 5.41) is 0. The van der Waals surface area contributed by atoms with Crippen LogP contribution in [0.5, 0.6) is 0 Å². The van der Waals surface area contributed by atoms with Gasteiger partial charge in [0, 0.05) is 50.7 Å². The molecule has 22 heavy (non-hydrogen) atoms. The molecule has 3 rings (SSSR count). The fraction of sp³-hybridized carbons (Fsp3) is 0.500. The van der Waals surface area contributed by atoms with Crippen molar-refractivity contribution in [1.29, 1.82) is 0 Å². The maximum atomic E-state index is 11.3. The maximum absolute atomic E-state index is 11.3. The summed E-state index contributed by atoms with van der Waals surface area (Å²) in [4.78, 5) is 18.0. The number of rotatable bonds is 3. The summed E-state index contributed by atoms with van der Waals surface area (Å²) in [6.45, 7) is 9.54. The Morgan fingerprint density at radius 2 is 2.18 bits per heavy atom. The number of nitrogens with zero attached hydrogens (tertiary/aromatic N) is 4. The maximum Gasteiger partial charge on any atom is 0.235 e. The van der Waals surface area contributed by atoms with E-state index in [4.69, 9.17) is 0 Å². The molecule has 0 saturated heterocycles. The average molecular weight is 301 g/mol. The molecule has 1 amide bonds. The number of hydrogen-bond acceptors (Lipinski definition) is 3. The lowest BCUT2D eigenvalue weighted by atomic mass is 10.2. The second-order valence-electron chi connectivity index (χ2n) is 6.04. The molecule has 1 N–H and O–H groups in total. The lowest BCUT2D eigenvalue weighted by Gasteiger charge is -2.19. The monoisotopic (exact) mass is 301 g/mol. The van der Waals surface area contributed by atoms with Crippen LogP contribution in [0.4, 0.5) is 0 Å². The fourth-order valence-electron chi connectivity index (χ4n) is 3.15. The van der Waals surface area contributed by atoms with Gasteiger partial charge in [0.25, 0.3) is 0 Å². The Morgan fingerprint density at radius 1 is 1.36 bits per heavy atom. The van der Waals surface area contributed by atoms with Gasteiger partial charge in [-0.15, -0.1) is 0 Å². The Morgan fingerprint density at radius 3 is 2.95 bits per heavy atom. The van der Waals surface area contributed by atoms with E-state index < -0.39 is 0 Å². The molecule has 0 aliphatic carbocycles. The summed E-state index contributed by atoms with van der Waals surface area (Å²) in [5.74, 6) is -0.0491. The molecule has 6 heteroatoms. The highest BCUT2D eigenvalue weighted by Crippen LogP contribution is 2.19. The third-order valence-corrected chi connectivity index (χ3v) is 4.26. The van der Waals surface area contributed by atoms with E-state index >= 15 is 0 Å². The SMILES string of the molecule is CC(=O)Nn1c(C)cc(CN2CCCn3cncc3C2)c1C. The van der Waals surface area contributed by atoms with Crippen molar-refractivity contribution in [3.05, 3.63) is 41.2 Å². The number of aryl methyl sites for hydroxylation is 2. The van der Waals surface area contributed by atoms with Crippen LogP contribution >= 0.6 is 0 Å². The van der Waals surface area contributed by atoms with Gasteiger partial charge in [0.05, 0.1) is 12.0 Å². The highest BCUT2D eigenvalue weighted by Gasteiger charge is 2.17.